The van der Waals surface area contributed by atoms with Gasteiger partial charge in [-0.1, -0.05) is 78.0 Å². The minimum absolute atomic E-state index is 0.0668. The number of thioether (sulfide) groups is 1. The summed E-state index contributed by atoms with van der Waals surface area (Å²) in [5.41, 5.74) is 4.82. The molecule has 7 nitrogen and oxygen atoms in total. The number of amides is 1. The van der Waals surface area contributed by atoms with Gasteiger partial charge in [-0.2, -0.15) is 0 Å². The molecule has 3 aromatic carbocycles. The summed E-state index contributed by atoms with van der Waals surface area (Å²) >= 11 is 8.07. The minimum atomic E-state index is -0.0668. The first-order valence-electron chi connectivity index (χ1n) is 14.4. The van der Waals surface area contributed by atoms with Gasteiger partial charge in [0.2, 0.25) is 0 Å². The van der Waals surface area contributed by atoms with Crippen molar-refractivity contribution in [2.24, 2.45) is 0 Å². The quantitative estimate of drug-likeness (QED) is 0.178. The fraction of sp³-hybridized carbons (Fsp3) is 0.303. The summed E-state index contributed by atoms with van der Waals surface area (Å²) in [5, 5.41) is 4.51. The molecule has 2 aliphatic heterocycles. The number of para-hydroxylation sites is 1. The van der Waals surface area contributed by atoms with Gasteiger partial charge in [0.05, 0.1) is 22.5 Å². The minimum Gasteiger partial charge on any atom is -0.376 e. The van der Waals surface area contributed by atoms with Crippen molar-refractivity contribution in [3.05, 3.63) is 101 Å². The number of nitrogens with zero attached hydrogens (tertiary/aromatic N) is 4. The standard InChI is InChI=1S/C33H34ClN5O2S/c34-28-10-4-5-11-30(28)38-16-18-39(19-17-38)31-21-29(25-7-2-1-3-8-25)36-33(37-31)42-23-24-12-14-26(15-13-24)32(40)35-22-27-9-6-20-41-27/h1-5,7-8,10-15,21,27H,6,9,16-20,22-23H2,(H,35,40)/t27-/m0/s1. The monoisotopic (exact) mass is 599 g/mol. The van der Waals surface area contributed by atoms with Gasteiger partial charge < -0.3 is 19.9 Å². The van der Waals surface area contributed by atoms with Crippen molar-refractivity contribution < 1.29 is 9.53 Å². The molecule has 1 amide bonds. The Hall–Kier alpha value is -3.59. The first-order valence-corrected chi connectivity index (χ1v) is 15.8. The van der Waals surface area contributed by atoms with Gasteiger partial charge in [-0.25, -0.2) is 9.97 Å². The van der Waals surface area contributed by atoms with Crippen LogP contribution in [0.3, 0.4) is 0 Å². The highest BCUT2D eigenvalue weighted by Crippen LogP contribution is 2.30. The fourth-order valence-electron chi connectivity index (χ4n) is 5.30. The van der Waals surface area contributed by atoms with E-state index in [1.165, 1.54) is 0 Å². The summed E-state index contributed by atoms with van der Waals surface area (Å²) < 4.78 is 5.60. The highest BCUT2D eigenvalue weighted by Gasteiger charge is 2.21. The first kappa shape index (κ1) is 28.5. The molecule has 2 fully saturated rings. The Labute approximate surface area is 256 Å². The molecule has 1 aromatic heterocycles. The molecule has 0 saturated carbocycles. The number of halogens is 1. The lowest BCUT2D eigenvalue weighted by Gasteiger charge is -2.37. The summed E-state index contributed by atoms with van der Waals surface area (Å²) in [7, 11) is 0. The first-order chi connectivity index (χ1) is 20.6. The molecule has 3 heterocycles. The number of carbonyl (C=O) groups excluding carboxylic acids is 1. The van der Waals surface area contributed by atoms with Gasteiger partial charge in [0.15, 0.2) is 5.16 Å². The van der Waals surface area contributed by atoms with Crippen LogP contribution in [0.4, 0.5) is 11.5 Å². The summed E-state index contributed by atoms with van der Waals surface area (Å²) in [5.74, 6) is 1.57. The maximum Gasteiger partial charge on any atom is 0.251 e. The van der Waals surface area contributed by atoms with E-state index in [2.05, 4.69) is 39.4 Å². The van der Waals surface area contributed by atoms with Crippen LogP contribution in [0.25, 0.3) is 11.3 Å². The van der Waals surface area contributed by atoms with Gasteiger partial charge in [-0.05, 0) is 42.7 Å². The van der Waals surface area contributed by atoms with Gasteiger partial charge in [0.1, 0.15) is 5.82 Å². The Morgan fingerprint density at radius 1 is 0.929 bits per heavy atom. The van der Waals surface area contributed by atoms with E-state index in [0.717, 1.165) is 84.1 Å². The van der Waals surface area contributed by atoms with E-state index in [-0.39, 0.29) is 12.0 Å². The lowest BCUT2D eigenvalue weighted by Crippen LogP contribution is -2.47. The number of ether oxygens (including phenoxy) is 1. The SMILES string of the molecule is O=C(NC[C@@H]1CCCO1)c1ccc(CSc2nc(-c3ccccc3)cc(N3CCN(c4ccccc4Cl)CC3)n2)cc1. The number of anilines is 2. The second kappa shape index (κ2) is 13.6. The average molecular weight is 600 g/mol. The van der Waals surface area contributed by atoms with Gasteiger partial charge >= 0.3 is 0 Å². The van der Waals surface area contributed by atoms with Crippen molar-refractivity contribution in [3.63, 3.8) is 0 Å². The molecule has 2 aliphatic rings. The lowest BCUT2D eigenvalue weighted by molar-refractivity contribution is 0.0858. The van der Waals surface area contributed by atoms with E-state index in [1.54, 1.807) is 11.8 Å². The van der Waals surface area contributed by atoms with Crippen molar-refractivity contribution in [1.29, 1.82) is 0 Å². The molecular formula is C33H34ClN5O2S. The van der Waals surface area contributed by atoms with E-state index >= 15 is 0 Å². The third-order valence-corrected chi connectivity index (χ3v) is 8.89. The molecule has 0 unspecified atom stereocenters. The Balaban J connectivity index is 1.13. The van der Waals surface area contributed by atoms with E-state index < -0.39 is 0 Å². The second-order valence-electron chi connectivity index (χ2n) is 10.5. The Bertz CT molecular complexity index is 1490. The largest absolute Gasteiger partial charge is 0.376 e. The molecule has 9 heteroatoms. The number of benzene rings is 3. The normalized spacial score (nSPS) is 16.9. The summed E-state index contributed by atoms with van der Waals surface area (Å²) in [6.45, 7) is 4.76. The number of hydrogen-bond acceptors (Lipinski definition) is 7. The molecule has 0 spiro atoms. The Kier molecular flexibility index (Phi) is 9.23. The highest BCUT2D eigenvalue weighted by atomic mass is 35.5. The Morgan fingerprint density at radius 2 is 1.67 bits per heavy atom. The van der Waals surface area contributed by atoms with Crippen LogP contribution in [0.15, 0.2) is 90.1 Å². The van der Waals surface area contributed by atoms with Gasteiger partial charge in [0, 0.05) is 62.3 Å². The predicted octanol–water partition coefficient (Wildman–Crippen LogP) is 6.32. The van der Waals surface area contributed by atoms with E-state index in [9.17, 15) is 4.79 Å². The van der Waals surface area contributed by atoms with Crippen LogP contribution in [-0.2, 0) is 10.5 Å². The fourth-order valence-corrected chi connectivity index (χ4v) is 6.36. The average Bonchev–Trinajstić information content (AvgIpc) is 3.57. The van der Waals surface area contributed by atoms with Crippen molar-refractivity contribution in [2.45, 2.75) is 29.9 Å². The molecular weight excluding hydrogens is 566 g/mol. The topological polar surface area (TPSA) is 70.6 Å². The molecule has 42 heavy (non-hydrogen) atoms. The zero-order valence-electron chi connectivity index (χ0n) is 23.4. The van der Waals surface area contributed by atoms with Crippen LogP contribution >= 0.6 is 23.4 Å². The summed E-state index contributed by atoms with van der Waals surface area (Å²) in [4.78, 5) is 27.1. The van der Waals surface area contributed by atoms with Crippen LogP contribution in [0, 0.1) is 0 Å². The van der Waals surface area contributed by atoms with Crippen LogP contribution in [0.2, 0.25) is 5.02 Å². The van der Waals surface area contributed by atoms with Crippen LogP contribution in [0.1, 0.15) is 28.8 Å². The second-order valence-corrected chi connectivity index (χ2v) is 11.9. The lowest BCUT2D eigenvalue weighted by atomic mass is 10.1. The smallest absolute Gasteiger partial charge is 0.251 e. The number of carbonyl (C=O) groups is 1. The molecule has 1 atom stereocenters. The third kappa shape index (κ3) is 7.06. The van der Waals surface area contributed by atoms with E-state index in [1.807, 2.05) is 60.7 Å². The summed E-state index contributed by atoms with van der Waals surface area (Å²) in [6.07, 6.45) is 2.20. The van der Waals surface area contributed by atoms with Crippen LogP contribution in [0.5, 0.6) is 0 Å². The number of hydrogen-bond donors (Lipinski definition) is 1. The summed E-state index contributed by atoms with van der Waals surface area (Å²) in [6, 6.07) is 28.1. The van der Waals surface area contributed by atoms with Crippen molar-refractivity contribution in [3.8, 4) is 11.3 Å². The highest BCUT2D eigenvalue weighted by molar-refractivity contribution is 7.98. The number of nitrogens with one attached hydrogen (secondary N) is 1. The molecule has 4 aromatic rings. The van der Waals surface area contributed by atoms with E-state index in [0.29, 0.717) is 17.9 Å². The maximum absolute atomic E-state index is 12.6. The zero-order valence-corrected chi connectivity index (χ0v) is 25.0. The number of aromatic nitrogens is 2. The van der Waals surface area contributed by atoms with Gasteiger partial charge in [-0.15, -0.1) is 0 Å². The van der Waals surface area contributed by atoms with Gasteiger partial charge in [-0.3, -0.25) is 4.79 Å². The number of rotatable bonds is 9. The maximum atomic E-state index is 12.6. The van der Waals surface area contributed by atoms with Crippen LogP contribution in [-0.4, -0.2) is 61.3 Å². The van der Waals surface area contributed by atoms with Crippen molar-refractivity contribution in [1.82, 2.24) is 15.3 Å². The third-order valence-electron chi connectivity index (χ3n) is 7.66. The molecule has 216 valence electrons. The zero-order chi connectivity index (χ0) is 28.7. The van der Waals surface area contributed by atoms with Crippen LogP contribution < -0.4 is 15.1 Å². The molecule has 0 bridgehead atoms. The van der Waals surface area contributed by atoms with Gasteiger partial charge in [0.25, 0.3) is 5.91 Å². The molecule has 6 rings (SSSR count). The predicted molar refractivity (Wildman–Crippen MR) is 171 cm³/mol. The molecule has 1 N–H and O–H groups in total. The Morgan fingerprint density at radius 3 is 2.40 bits per heavy atom. The molecule has 2 saturated heterocycles. The molecule has 0 radical (unpaired) electrons. The van der Waals surface area contributed by atoms with Crippen molar-refractivity contribution in [2.75, 3.05) is 49.1 Å². The van der Waals surface area contributed by atoms with E-state index in [4.69, 9.17) is 26.3 Å². The number of piperazine rings is 1. The molecule has 0 aliphatic carbocycles. The van der Waals surface area contributed by atoms with Crippen molar-refractivity contribution >= 4 is 40.8 Å².